The van der Waals surface area contributed by atoms with Crippen molar-refractivity contribution in [2.45, 2.75) is 39.5 Å². The normalized spacial score (nSPS) is 14.3. The molecule has 0 saturated carbocycles. The van der Waals surface area contributed by atoms with Gasteiger partial charge in [-0.25, -0.2) is 9.97 Å². The molecule has 0 amide bonds. The Balaban J connectivity index is 1.98. The molecule has 19 heavy (non-hydrogen) atoms. The molecule has 0 bridgehead atoms. The third-order valence-corrected chi connectivity index (χ3v) is 3.66. The van der Waals surface area contributed by atoms with Crippen LogP contribution in [0.15, 0.2) is 6.07 Å². The highest BCUT2D eigenvalue weighted by Gasteiger charge is 2.17. The van der Waals surface area contributed by atoms with E-state index < -0.39 is 0 Å². The standard InChI is InChI=1S/C14H19N5/c1-9-8-13(18-19(9)3)17-14-11-6-4-5-7-12(11)15-10(2)16-14/h8H,4-7H2,1-3H3,(H,15,16,17,18). The Morgan fingerprint density at radius 2 is 1.95 bits per heavy atom. The highest BCUT2D eigenvalue weighted by Crippen LogP contribution is 2.27. The second kappa shape index (κ2) is 4.64. The lowest BCUT2D eigenvalue weighted by Crippen LogP contribution is -2.12. The number of aryl methyl sites for hydroxylation is 4. The minimum atomic E-state index is 0.829. The molecular weight excluding hydrogens is 238 g/mol. The average molecular weight is 257 g/mol. The summed E-state index contributed by atoms with van der Waals surface area (Å²) in [5.74, 6) is 2.61. The topological polar surface area (TPSA) is 55.6 Å². The molecular formula is C14H19N5. The van der Waals surface area contributed by atoms with Gasteiger partial charge in [0.1, 0.15) is 11.6 Å². The second-order valence-electron chi connectivity index (χ2n) is 5.17. The minimum absolute atomic E-state index is 0.829. The van der Waals surface area contributed by atoms with E-state index in [9.17, 15) is 0 Å². The molecule has 0 fully saturated rings. The van der Waals surface area contributed by atoms with Crippen LogP contribution in [0.2, 0.25) is 0 Å². The Labute approximate surface area is 113 Å². The first-order valence-corrected chi connectivity index (χ1v) is 6.77. The number of hydrogen-bond donors (Lipinski definition) is 1. The van der Waals surface area contributed by atoms with Crippen LogP contribution in [0.5, 0.6) is 0 Å². The van der Waals surface area contributed by atoms with E-state index in [1.165, 1.54) is 24.1 Å². The van der Waals surface area contributed by atoms with Crippen LogP contribution < -0.4 is 5.32 Å². The molecule has 0 spiro atoms. The Morgan fingerprint density at radius 3 is 2.68 bits per heavy atom. The molecule has 0 aliphatic heterocycles. The number of fused-ring (bicyclic) bond motifs is 1. The quantitative estimate of drug-likeness (QED) is 0.897. The number of rotatable bonds is 2. The maximum Gasteiger partial charge on any atom is 0.153 e. The van der Waals surface area contributed by atoms with Gasteiger partial charge in [0.05, 0.1) is 0 Å². The van der Waals surface area contributed by atoms with E-state index in [2.05, 4.69) is 20.4 Å². The van der Waals surface area contributed by atoms with Gasteiger partial charge in [-0.15, -0.1) is 0 Å². The van der Waals surface area contributed by atoms with Gasteiger partial charge in [0.25, 0.3) is 0 Å². The molecule has 0 atom stereocenters. The zero-order chi connectivity index (χ0) is 13.4. The summed E-state index contributed by atoms with van der Waals surface area (Å²) in [6.45, 7) is 3.99. The van der Waals surface area contributed by atoms with Crippen LogP contribution in [0.3, 0.4) is 0 Å². The SMILES string of the molecule is Cc1nc2c(c(Nc3cc(C)n(C)n3)n1)CCCC2. The summed E-state index contributed by atoms with van der Waals surface area (Å²) in [6.07, 6.45) is 4.57. The Hall–Kier alpha value is -1.91. The van der Waals surface area contributed by atoms with Crippen LogP contribution in [-0.2, 0) is 19.9 Å². The van der Waals surface area contributed by atoms with Crippen LogP contribution in [0.4, 0.5) is 11.6 Å². The monoisotopic (exact) mass is 257 g/mol. The van der Waals surface area contributed by atoms with Crippen molar-refractivity contribution < 1.29 is 0 Å². The van der Waals surface area contributed by atoms with Gasteiger partial charge >= 0.3 is 0 Å². The summed E-state index contributed by atoms with van der Waals surface area (Å²) in [4.78, 5) is 9.11. The predicted molar refractivity (Wildman–Crippen MR) is 74.6 cm³/mol. The van der Waals surface area contributed by atoms with E-state index in [0.717, 1.165) is 36.0 Å². The molecule has 5 nitrogen and oxygen atoms in total. The van der Waals surface area contributed by atoms with E-state index in [1.807, 2.05) is 31.6 Å². The molecule has 0 aromatic carbocycles. The molecule has 100 valence electrons. The summed E-state index contributed by atoms with van der Waals surface area (Å²) < 4.78 is 1.86. The summed E-state index contributed by atoms with van der Waals surface area (Å²) >= 11 is 0. The summed E-state index contributed by atoms with van der Waals surface area (Å²) in [6, 6.07) is 2.03. The lowest BCUT2D eigenvalue weighted by molar-refractivity contribution is 0.660. The largest absolute Gasteiger partial charge is 0.323 e. The van der Waals surface area contributed by atoms with Crippen molar-refractivity contribution >= 4 is 11.6 Å². The van der Waals surface area contributed by atoms with Gasteiger partial charge in [-0.3, -0.25) is 4.68 Å². The highest BCUT2D eigenvalue weighted by molar-refractivity contribution is 5.57. The van der Waals surface area contributed by atoms with E-state index in [-0.39, 0.29) is 0 Å². The van der Waals surface area contributed by atoms with E-state index in [4.69, 9.17) is 0 Å². The lowest BCUT2D eigenvalue weighted by atomic mass is 9.96. The first-order valence-electron chi connectivity index (χ1n) is 6.77. The molecule has 5 heteroatoms. The van der Waals surface area contributed by atoms with Crippen molar-refractivity contribution in [2.75, 3.05) is 5.32 Å². The van der Waals surface area contributed by atoms with Gasteiger partial charge in [0.15, 0.2) is 5.82 Å². The zero-order valence-electron chi connectivity index (χ0n) is 11.7. The zero-order valence-corrected chi connectivity index (χ0v) is 11.7. The van der Waals surface area contributed by atoms with Crippen molar-refractivity contribution in [3.8, 4) is 0 Å². The summed E-state index contributed by atoms with van der Waals surface area (Å²) in [7, 11) is 1.95. The number of aromatic nitrogens is 4. The van der Waals surface area contributed by atoms with Gasteiger partial charge in [0.2, 0.25) is 0 Å². The predicted octanol–water partition coefficient (Wildman–Crippen LogP) is 2.45. The molecule has 0 radical (unpaired) electrons. The van der Waals surface area contributed by atoms with E-state index >= 15 is 0 Å². The Morgan fingerprint density at radius 1 is 1.16 bits per heavy atom. The first kappa shape index (κ1) is 12.1. The van der Waals surface area contributed by atoms with Gasteiger partial charge in [-0.05, 0) is 39.5 Å². The third kappa shape index (κ3) is 2.32. The van der Waals surface area contributed by atoms with Crippen LogP contribution in [0.1, 0.15) is 35.6 Å². The Bertz CT molecular complexity index is 595. The molecule has 2 aromatic heterocycles. The number of nitrogens with zero attached hydrogens (tertiary/aromatic N) is 4. The third-order valence-electron chi connectivity index (χ3n) is 3.66. The molecule has 1 aliphatic rings. The fourth-order valence-electron chi connectivity index (χ4n) is 2.56. The molecule has 2 heterocycles. The summed E-state index contributed by atoms with van der Waals surface area (Å²) in [5, 5.41) is 7.78. The van der Waals surface area contributed by atoms with Crippen molar-refractivity contribution in [2.24, 2.45) is 7.05 Å². The second-order valence-corrected chi connectivity index (χ2v) is 5.17. The van der Waals surface area contributed by atoms with E-state index in [0.29, 0.717) is 0 Å². The van der Waals surface area contributed by atoms with Crippen molar-refractivity contribution in [3.63, 3.8) is 0 Å². The molecule has 1 N–H and O–H groups in total. The highest BCUT2D eigenvalue weighted by atomic mass is 15.3. The fraction of sp³-hybridized carbons (Fsp3) is 0.500. The van der Waals surface area contributed by atoms with E-state index in [1.54, 1.807) is 0 Å². The van der Waals surface area contributed by atoms with Crippen LogP contribution in [0, 0.1) is 13.8 Å². The number of anilines is 2. The van der Waals surface area contributed by atoms with Crippen molar-refractivity contribution in [1.82, 2.24) is 19.7 Å². The van der Waals surface area contributed by atoms with Crippen LogP contribution in [0.25, 0.3) is 0 Å². The van der Waals surface area contributed by atoms with Gasteiger partial charge in [-0.1, -0.05) is 0 Å². The minimum Gasteiger partial charge on any atom is -0.323 e. The number of nitrogens with one attached hydrogen (secondary N) is 1. The molecule has 0 unspecified atom stereocenters. The van der Waals surface area contributed by atoms with Gasteiger partial charge in [0, 0.05) is 30.1 Å². The lowest BCUT2D eigenvalue weighted by Gasteiger charge is -2.18. The average Bonchev–Trinajstić information content (AvgIpc) is 2.68. The molecule has 2 aromatic rings. The first-order chi connectivity index (χ1) is 9.13. The molecule has 3 rings (SSSR count). The fourth-order valence-corrected chi connectivity index (χ4v) is 2.56. The van der Waals surface area contributed by atoms with Crippen LogP contribution >= 0.6 is 0 Å². The summed E-state index contributed by atoms with van der Waals surface area (Å²) in [5.41, 5.74) is 3.59. The molecule has 1 aliphatic carbocycles. The van der Waals surface area contributed by atoms with Gasteiger partial charge < -0.3 is 5.32 Å². The maximum absolute atomic E-state index is 4.56. The smallest absolute Gasteiger partial charge is 0.153 e. The number of hydrogen-bond acceptors (Lipinski definition) is 4. The molecule has 0 saturated heterocycles. The maximum atomic E-state index is 4.56. The van der Waals surface area contributed by atoms with Crippen molar-refractivity contribution in [3.05, 3.63) is 28.8 Å². The Kier molecular flexibility index (Phi) is 2.97. The van der Waals surface area contributed by atoms with Crippen molar-refractivity contribution in [1.29, 1.82) is 0 Å². The van der Waals surface area contributed by atoms with Gasteiger partial charge in [-0.2, -0.15) is 5.10 Å². The van der Waals surface area contributed by atoms with Crippen LogP contribution in [-0.4, -0.2) is 19.7 Å².